The van der Waals surface area contributed by atoms with Gasteiger partial charge in [0.25, 0.3) is 11.1 Å². The predicted octanol–water partition coefficient (Wildman–Crippen LogP) is -2.22. The monoisotopic (exact) mass is 364 g/mol. The lowest BCUT2D eigenvalue weighted by atomic mass is 10.4. The predicted molar refractivity (Wildman–Crippen MR) is 84.1 cm³/mol. The molecule has 0 spiro atoms. The molecule has 0 atom stereocenters. The first-order valence-corrected chi connectivity index (χ1v) is 6.98. The van der Waals surface area contributed by atoms with Crippen molar-refractivity contribution in [2.24, 2.45) is 0 Å². The van der Waals surface area contributed by atoms with Crippen molar-refractivity contribution in [2.75, 3.05) is 0 Å². The summed E-state index contributed by atoms with van der Waals surface area (Å²) in [5.41, 5.74) is -2.67. The normalized spacial score (nSPS) is 10.6. The Hall–Kier alpha value is -3.96. The van der Waals surface area contributed by atoms with Crippen LogP contribution >= 0.6 is 0 Å². The summed E-state index contributed by atoms with van der Waals surface area (Å²) in [7, 11) is 0. The van der Waals surface area contributed by atoms with Gasteiger partial charge in [-0.15, -0.1) is 0 Å². The number of nitrogens with one attached hydrogen (secondary N) is 4. The van der Waals surface area contributed by atoms with E-state index in [1.807, 2.05) is 9.97 Å². The molecule has 12 heteroatoms. The highest BCUT2D eigenvalue weighted by Gasteiger charge is 2.05. The molecule has 2 aromatic heterocycles. The number of aromatic nitrogens is 4. The maximum absolute atomic E-state index is 11.5. The highest BCUT2D eigenvalue weighted by Crippen LogP contribution is 1.95. The molecular formula is C14H12N4O8. The minimum Gasteiger partial charge on any atom is -0.456 e. The molecule has 2 heterocycles. The zero-order valence-electron chi connectivity index (χ0n) is 13.0. The third-order valence-corrected chi connectivity index (χ3v) is 2.73. The summed E-state index contributed by atoms with van der Waals surface area (Å²) in [5, 5.41) is 0. The number of H-pyrrole nitrogens is 4. The van der Waals surface area contributed by atoms with Gasteiger partial charge < -0.3 is 19.4 Å². The van der Waals surface area contributed by atoms with Crippen LogP contribution in [0.1, 0.15) is 11.4 Å². The van der Waals surface area contributed by atoms with E-state index < -0.39 is 34.4 Å². The first-order valence-electron chi connectivity index (χ1n) is 6.98. The van der Waals surface area contributed by atoms with Crippen LogP contribution in [0.2, 0.25) is 0 Å². The molecule has 0 aromatic carbocycles. The number of rotatable bonds is 6. The van der Waals surface area contributed by atoms with Crippen LogP contribution < -0.4 is 22.5 Å². The zero-order valence-corrected chi connectivity index (χ0v) is 13.0. The van der Waals surface area contributed by atoms with Crippen molar-refractivity contribution in [1.29, 1.82) is 0 Å². The lowest BCUT2D eigenvalue weighted by Crippen LogP contribution is -2.23. The van der Waals surface area contributed by atoms with E-state index in [0.717, 1.165) is 24.3 Å². The lowest BCUT2D eigenvalue weighted by molar-refractivity contribution is -0.141. The molecule has 0 saturated heterocycles. The van der Waals surface area contributed by atoms with Crippen LogP contribution in [-0.4, -0.2) is 31.9 Å². The van der Waals surface area contributed by atoms with E-state index >= 15 is 0 Å². The first kappa shape index (κ1) is 18.4. The Morgan fingerprint density at radius 1 is 0.731 bits per heavy atom. The molecule has 0 saturated carbocycles. The van der Waals surface area contributed by atoms with Gasteiger partial charge in [-0.2, -0.15) is 0 Å². The second kappa shape index (κ2) is 8.23. The average Bonchev–Trinajstić information content (AvgIpc) is 2.54. The largest absolute Gasteiger partial charge is 0.456 e. The van der Waals surface area contributed by atoms with Crippen molar-refractivity contribution in [3.05, 3.63) is 77.3 Å². The second-order valence-electron chi connectivity index (χ2n) is 4.77. The number of aromatic amines is 4. The molecule has 2 aromatic rings. The molecule has 0 aliphatic rings. The van der Waals surface area contributed by atoms with Gasteiger partial charge in [0.15, 0.2) is 0 Å². The lowest BCUT2D eigenvalue weighted by Gasteiger charge is -2.02. The Balaban J connectivity index is 1.84. The van der Waals surface area contributed by atoms with Gasteiger partial charge in [0.05, 0.1) is 11.4 Å². The molecule has 0 unspecified atom stereocenters. The van der Waals surface area contributed by atoms with E-state index in [2.05, 4.69) is 9.97 Å². The summed E-state index contributed by atoms with van der Waals surface area (Å²) in [6.45, 7) is -0.767. The summed E-state index contributed by atoms with van der Waals surface area (Å²) >= 11 is 0. The molecule has 4 N–H and O–H groups in total. The smallest absolute Gasteiger partial charge is 0.331 e. The molecule has 0 aliphatic carbocycles. The molecule has 26 heavy (non-hydrogen) atoms. The standard InChI is InChI=1S/C14H12N4O8/c19-9-3-7(15-13(23)17-9)5-25-11(21)1-2-12(22)26-6-8-4-10(20)18-14(24)16-8/h1-4H,5-6H2,(H2,15,17,19,23)(H2,16,18,20,24)/b2-1+. The number of esters is 2. The van der Waals surface area contributed by atoms with Gasteiger partial charge in [-0.1, -0.05) is 0 Å². The van der Waals surface area contributed by atoms with Crippen molar-refractivity contribution >= 4 is 11.9 Å². The van der Waals surface area contributed by atoms with Crippen molar-refractivity contribution < 1.29 is 19.1 Å². The van der Waals surface area contributed by atoms with Crippen LogP contribution in [0.5, 0.6) is 0 Å². The number of carbonyl (C=O) groups excluding carboxylic acids is 2. The van der Waals surface area contributed by atoms with Crippen molar-refractivity contribution in [3.63, 3.8) is 0 Å². The Labute approximate surface area is 142 Å². The van der Waals surface area contributed by atoms with Gasteiger partial charge in [-0.05, 0) is 0 Å². The zero-order chi connectivity index (χ0) is 19.1. The first-order chi connectivity index (χ1) is 12.3. The quantitative estimate of drug-likeness (QED) is 0.328. The molecule has 0 fully saturated rings. The van der Waals surface area contributed by atoms with Crippen molar-refractivity contribution in [2.45, 2.75) is 13.2 Å². The topological polar surface area (TPSA) is 184 Å². The molecular weight excluding hydrogens is 352 g/mol. The minimum absolute atomic E-state index is 0.0707. The Kier molecular flexibility index (Phi) is 5.82. The van der Waals surface area contributed by atoms with Gasteiger partial charge in [0.1, 0.15) is 13.2 Å². The summed E-state index contributed by atoms with van der Waals surface area (Å²) in [6, 6.07) is 2.07. The third-order valence-electron chi connectivity index (χ3n) is 2.73. The van der Waals surface area contributed by atoms with Crippen LogP contribution in [0.3, 0.4) is 0 Å². The van der Waals surface area contributed by atoms with Gasteiger partial charge >= 0.3 is 23.3 Å². The molecule has 0 aliphatic heterocycles. The summed E-state index contributed by atoms with van der Waals surface area (Å²) in [5.74, 6) is -1.85. The summed E-state index contributed by atoms with van der Waals surface area (Å²) in [6.07, 6.45) is 1.54. The van der Waals surface area contributed by atoms with E-state index in [4.69, 9.17) is 9.47 Å². The van der Waals surface area contributed by atoms with E-state index in [1.165, 1.54) is 0 Å². The van der Waals surface area contributed by atoms with Crippen molar-refractivity contribution in [3.8, 4) is 0 Å². The summed E-state index contributed by atoms with van der Waals surface area (Å²) in [4.78, 5) is 75.5. The number of hydrogen-bond donors (Lipinski definition) is 4. The van der Waals surface area contributed by atoms with E-state index in [1.54, 1.807) is 0 Å². The molecule has 0 radical (unpaired) electrons. The molecule has 12 nitrogen and oxygen atoms in total. The third kappa shape index (κ3) is 5.92. The van der Waals surface area contributed by atoms with Gasteiger partial charge in [0, 0.05) is 24.3 Å². The van der Waals surface area contributed by atoms with Crippen LogP contribution in [0.25, 0.3) is 0 Å². The van der Waals surface area contributed by atoms with Crippen LogP contribution in [0.4, 0.5) is 0 Å². The fraction of sp³-hybridized carbons (Fsp3) is 0.143. The highest BCUT2D eigenvalue weighted by molar-refractivity contribution is 5.91. The fourth-order valence-electron chi connectivity index (χ4n) is 1.72. The molecule has 0 bridgehead atoms. The van der Waals surface area contributed by atoms with E-state index in [-0.39, 0.29) is 24.6 Å². The maximum atomic E-state index is 11.5. The Bertz CT molecular complexity index is 929. The van der Waals surface area contributed by atoms with E-state index in [0.29, 0.717) is 0 Å². The van der Waals surface area contributed by atoms with Gasteiger partial charge in [-0.25, -0.2) is 19.2 Å². The van der Waals surface area contributed by atoms with E-state index in [9.17, 15) is 28.8 Å². The fourth-order valence-corrected chi connectivity index (χ4v) is 1.72. The average molecular weight is 364 g/mol. The van der Waals surface area contributed by atoms with Crippen LogP contribution in [-0.2, 0) is 32.3 Å². The second-order valence-corrected chi connectivity index (χ2v) is 4.77. The number of carbonyl (C=O) groups is 2. The summed E-state index contributed by atoms with van der Waals surface area (Å²) < 4.78 is 9.47. The Morgan fingerprint density at radius 2 is 1.12 bits per heavy atom. The number of hydrogen-bond acceptors (Lipinski definition) is 8. The number of ether oxygens (including phenoxy) is 2. The Morgan fingerprint density at radius 3 is 1.46 bits per heavy atom. The van der Waals surface area contributed by atoms with Gasteiger partial charge in [-0.3, -0.25) is 19.6 Å². The van der Waals surface area contributed by atoms with Crippen LogP contribution in [0.15, 0.2) is 43.5 Å². The SMILES string of the molecule is O=C(/C=C/C(=O)OCc1cc(=O)[nH]c(=O)[nH]1)OCc1cc(=O)[nH]c(=O)[nH]1. The van der Waals surface area contributed by atoms with Gasteiger partial charge in [0.2, 0.25) is 0 Å². The van der Waals surface area contributed by atoms with Crippen LogP contribution in [0, 0.1) is 0 Å². The highest BCUT2D eigenvalue weighted by atomic mass is 16.5. The molecule has 0 amide bonds. The molecule has 136 valence electrons. The van der Waals surface area contributed by atoms with Crippen molar-refractivity contribution in [1.82, 2.24) is 19.9 Å². The molecule has 2 rings (SSSR count). The minimum atomic E-state index is -0.923. The maximum Gasteiger partial charge on any atom is 0.331 e.